The molecule has 250 valence electrons. The predicted molar refractivity (Wildman–Crippen MR) is 181 cm³/mol. The van der Waals surface area contributed by atoms with Crippen molar-refractivity contribution < 1.29 is 18.9 Å². The van der Waals surface area contributed by atoms with Gasteiger partial charge in [0.15, 0.2) is 0 Å². The van der Waals surface area contributed by atoms with E-state index in [2.05, 4.69) is 69.2 Å². The van der Waals surface area contributed by atoms with Crippen molar-refractivity contribution in [2.24, 2.45) is 34.5 Å². The van der Waals surface area contributed by atoms with Crippen LogP contribution in [-0.4, -0.2) is 50.3 Å². The molecule has 0 aliphatic carbocycles. The molecule has 0 amide bonds. The number of ether oxygens (including phenoxy) is 4. The third-order valence-corrected chi connectivity index (χ3v) is 7.65. The molecular formula is C37H78O4. The van der Waals surface area contributed by atoms with Crippen LogP contribution in [0.3, 0.4) is 0 Å². The van der Waals surface area contributed by atoms with Crippen LogP contribution >= 0.6 is 0 Å². The lowest BCUT2D eigenvalue weighted by atomic mass is 9.72. The van der Waals surface area contributed by atoms with E-state index in [4.69, 9.17) is 18.9 Å². The van der Waals surface area contributed by atoms with E-state index in [1.165, 1.54) is 38.5 Å². The average Bonchev–Trinajstić information content (AvgIpc) is 2.79. The summed E-state index contributed by atoms with van der Waals surface area (Å²) in [6.07, 6.45) is 8.22. The van der Waals surface area contributed by atoms with Crippen LogP contribution in [0.1, 0.15) is 156 Å². The van der Waals surface area contributed by atoms with Gasteiger partial charge in [-0.05, 0) is 121 Å². The Morgan fingerprint density at radius 1 is 0.439 bits per heavy atom. The summed E-state index contributed by atoms with van der Waals surface area (Å²) in [6, 6.07) is 0. The van der Waals surface area contributed by atoms with Crippen molar-refractivity contribution in [1.82, 2.24) is 0 Å². The molecule has 0 fully saturated rings. The topological polar surface area (TPSA) is 36.9 Å². The van der Waals surface area contributed by atoms with E-state index in [1.807, 2.05) is 48.5 Å². The quantitative estimate of drug-likeness (QED) is 0.126. The maximum Gasteiger partial charge on any atom is 0.112 e. The highest BCUT2D eigenvalue weighted by atomic mass is 16.6. The van der Waals surface area contributed by atoms with Gasteiger partial charge in [-0.25, -0.2) is 0 Å². The van der Waals surface area contributed by atoms with E-state index < -0.39 is 0 Å². The molecule has 0 saturated heterocycles. The average molecular weight is 587 g/mol. The van der Waals surface area contributed by atoms with Crippen LogP contribution < -0.4 is 0 Å². The van der Waals surface area contributed by atoms with Crippen LogP contribution in [-0.2, 0) is 18.9 Å². The molecule has 0 spiro atoms. The Morgan fingerprint density at radius 2 is 0.732 bits per heavy atom. The van der Waals surface area contributed by atoms with Crippen molar-refractivity contribution in [3.05, 3.63) is 0 Å². The molecule has 41 heavy (non-hydrogen) atoms. The van der Waals surface area contributed by atoms with Gasteiger partial charge >= 0.3 is 0 Å². The molecule has 0 aromatic rings. The Morgan fingerprint density at radius 3 is 0.927 bits per heavy atom. The first-order valence-electron chi connectivity index (χ1n) is 17.2. The molecule has 0 rings (SSSR count). The molecule has 4 heteroatoms. The zero-order valence-electron chi connectivity index (χ0n) is 31.2. The monoisotopic (exact) mass is 587 g/mol. The van der Waals surface area contributed by atoms with Gasteiger partial charge in [0.25, 0.3) is 0 Å². The SMILES string of the molecule is CC(C)OCC(C)(COC(C)C)OC(C)C.CCC(COCC(CC)(CC(C)C)CC(C)C)(CC(C)C)CC(C)C. The largest absolute Gasteiger partial charge is 0.380 e. The third-order valence-electron chi connectivity index (χ3n) is 7.65. The van der Waals surface area contributed by atoms with Gasteiger partial charge in [0.1, 0.15) is 5.60 Å². The summed E-state index contributed by atoms with van der Waals surface area (Å²) >= 11 is 0. The Kier molecular flexibility index (Phi) is 22.6. The van der Waals surface area contributed by atoms with Crippen LogP contribution in [0.15, 0.2) is 0 Å². The number of hydrogen-bond donors (Lipinski definition) is 0. The first kappa shape index (κ1) is 43.0. The Labute approximate surface area is 259 Å². The minimum absolute atomic E-state index is 0.177. The first-order chi connectivity index (χ1) is 18.7. The molecule has 0 aliphatic heterocycles. The van der Waals surface area contributed by atoms with E-state index in [0.29, 0.717) is 24.0 Å². The highest BCUT2D eigenvalue weighted by Gasteiger charge is 2.34. The van der Waals surface area contributed by atoms with Crippen molar-refractivity contribution in [2.75, 3.05) is 26.4 Å². The minimum atomic E-state index is -0.358. The summed E-state index contributed by atoms with van der Waals surface area (Å²) < 4.78 is 23.7. The van der Waals surface area contributed by atoms with Crippen LogP contribution in [0.4, 0.5) is 0 Å². The zero-order chi connectivity index (χ0) is 32.4. The van der Waals surface area contributed by atoms with Gasteiger partial charge in [-0.2, -0.15) is 0 Å². The van der Waals surface area contributed by atoms with Crippen LogP contribution in [0.25, 0.3) is 0 Å². The van der Waals surface area contributed by atoms with Gasteiger partial charge < -0.3 is 18.9 Å². The molecule has 0 saturated carbocycles. The van der Waals surface area contributed by atoms with Gasteiger partial charge in [-0.3, -0.25) is 0 Å². The first-order valence-corrected chi connectivity index (χ1v) is 17.2. The Hall–Kier alpha value is -0.160. The van der Waals surface area contributed by atoms with Gasteiger partial charge in [0, 0.05) is 0 Å². The maximum absolute atomic E-state index is 6.55. The summed E-state index contributed by atoms with van der Waals surface area (Å²) in [7, 11) is 0. The summed E-state index contributed by atoms with van der Waals surface area (Å²) in [4.78, 5) is 0. The third kappa shape index (κ3) is 22.1. The van der Waals surface area contributed by atoms with E-state index >= 15 is 0 Å². The zero-order valence-corrected chi connectivity index (χ0v) is 31.2. The van der Waals surface area contributed by atoms with E-state index in [-0.39, 0.29) is 23.9 Å². The fraction of sp³-hybridized carbons (Fsp3) is 1.00. The van der Waals surface area contributed by atoms with Crippen LogP contribution in [0.5, 0.6) is 0 Å². The molecule has 0 N–H and O–H groups in total. The van der Waals surface area contributed by atoms with Crippen molar-refractivity contribution in [1.29, 1.82) is 0 Å². The predicted octanol–water partition coefficient (Wildman–Crippen LogP) is 11.0. The second-order valence-corrected chi connectivity index (χ2v) is 15.9. The molecule has 0 atom stereocenters. The lowest BCUT2D eigenvalue weighted by molar-refractivity contribution is -0.159. The summed E-state index contributed by atoms with van der Waals surface area (Å²) in [6.45, 7) is 40.8. The molecule has 0 aromatic heterocycles. The smallest absolute Gasteiger partial charge is 0.112 e. The standard InChI is InChI=1S/C24H50O.C13H28O3/c1-11-23(13-19(3)4,14-20(5)6)17-25-18-24(12-2,15-21(7)8)16-22(9)10;1-10(2)14-8-13(7,16-12(5)6)9-15-11(3)4/h19-22H,11-18H2,1-10H3;10-12H,8-9H2,1-7H3. The maximum atomic E-state index is 6.55. The van der Waals surface area contributed by atoms with E-state index in [1.54, 1.807) is 0 Å². The second kappa shape index (κ2) is 21.5. The van der Waals surface area contributed by atoms with Crippen molar-refractivity contribution in [2.45, 2.75) is 180 Å². The highest BCUT2D eigenvalue weighted by molar-refractivity contribution is 4.84. The van der Waals surface area contributed by atoms with Crippen LogP contribution in [0, 0.1) is 34.5 Å². The van der Waals surface area contributed by atoms with Gasteiger partial charge in [-0.15, -0.1) is 0 Å². The van der Waals surface area contributed by atoms with E-state index in [9.17, 15) is 0 Å². The van der Waals surface area contributed by atoms with Gasteiger partial charge in [-0.1, -0.05) is 69.2 Å². The van der Waals surface area contributed by atoms with E-state index in [0.717, 1.165) is 36.9 Å². The number of rotatable bonds is 22. The minimum Gasteiger partial charge on any atom is -0.380 e. The van der Waals surface area contributed by atoms with Crippen molar-refractivity contribution in [3.63, 3.8) is 0 Å². The summed E-state index contributed by atoms with van der Waals surface area (Å²) in [5.41, 5.74) is 0.359. The molecular weight excluding hydrogens is 508 g/mol. The van der Waals surface area contributed by atoms with Crippen LogP contribution in [0.2, 0.25) is 0 Å². The van der Waals surface area contributed by atoms with Gasteiger partial charge in [0.2, 0.25) is 0 Å². The summed E-state index contributed by atoms with van der Waals surface area (Å²) in [5, 5.41) is 0. The van der Waals surface area contributed by atoms with Crippen molar-refractivity contribution >= 4 is 0 Å². The fourth-order valence-corrected chi connectivity index (χ4v) is 6.50. The lowest BCUT2D eigenvalue weighted by Gasteiger charge is -2.40. The summed E-state index contributed by atoms with van der Waals surface area (Å²) in [5.74, 6) is 2.96. The molecule has 0 bridgehead atoms. The van der Waals surface area contributed by atoms with Gasteiger partial charge in [0.05, 0.1) is 44.7 Å². The van der Waals surface area contributed by atoms with Crippen molar-refractivity contribution in [3.8, 4) is 0 Å². The fourth-order valence-electron chi connectivity index (χ4n) is 6.50. The highest BCUT2D eigenvalue weighted by Crippen LogP contribution is 2.41. The molecule has 4 nitrogen and oxygen atoms in total. The lowest BCUT2D eigenvalue weighted by Crippen LogP contribution is -2.43. The molecule has 0 aliphatic rings. The normalized spacial score (nSPS) is 13.5. The second-order valence-electron chi connectivity index (χ2n) is 15.9. The molecule has 0 unspecified atom stereocenters. The Balaban J connectivity index is 0. The number of hydrogen-bond acceptors (Lipinski definition) is 4. The molecule has 0 radical (unpaired) electrons. The molecule has 0 aromatic carbocycles. The molecule has 0 heterocycles. The Bertz CT molecular complexity index is 542.